The maximum atomic E-state index is 11.6. The lowest BCUT2D eigenvalue weighted by molar-refractivity contribution is 0.444. The van der Waals surface area contributed by atoms with Crippen LogP contribution < -0.4 is 5.56 Å². The lowest BCUT2D eigenvalue weighted by Gasteiger charge is -2.02. The Morgan fingerprint density at radius 2 is 2.38 bits per heavy atom. The average molecular weight is 301 g/mol. The molecular formula is C10H9BrN2O2S. The van der Waals surface area contributed by atoms with Gasteiger partial charge in [-0.15, -0.1) is 11.3 Å². The highest BCUT2D eigenvalue weighted by molar-refractivity contribution is 9.10. The quantitative estimate of drug-likeness (QED) is 0.896. The Morgan fingerprint density at radius 1 is 1.62 bits per heavy atom. The van der Waals surface area contributed by atoms with Gasteiger partial charge in [-0.1, -0.05) is 6.92 Å². The van der Waals surface area contributed by atoms with Crippen molar-refractivity contribution in [2.45, 2.75) is 13.3 Å². The zero-order valence-corrected chi connectivity index (χ0v) is 10.9. The Labute approximate surface area is 104 Å². The van der Waals surface area contributed by atoms with E-state index in [-0.39, 0.29) is 11.4 Å². The summed E-state index contributed by atoms with van der Waals surface area (Å²) in [7, 11) is 0. The smallest absolute Gasteiger partial charge is 0.258 e. The number of halogens is 1. The fourth-order valence-electron chi connectivity index (χ4n) is 1.37. The maximum absolute atomic E-state index is 11.6. The van der Waals surface area contributed by atoms with Gasteiger partial charge < -0.3 is 10.1 Å². The molecule has 0 atom stereocenters. The van der Waals surface area contributed by atoms with Crippen LogP contribution in [0.25, 0.3) is 10.7 Å². The van der Waals surface area contributed by atoms with E-state index < -0.39 is 0 Å². The second kappa shape index (κ2) is 4.39. The molecule has 2 aromatic heterocycles. The third kappa shape index (κ3) is 1.90. The van der Waals surface area contributed by atoms with E-state index in [1.165, 1.54) is 11.3 Å². The average Bonchev–Trinajstić information content (AvgIpc) is 2.64. The number of aromatic hydroxyl groups is 1. The van der Waals surface area contributed by atoms with Gasteiger partial charge in [-0.2, -0.15) is 4.98 Å². The molecule has 16 heavy (non-hydrogen) atoms. The van der Waals surface area contributed by atoms with Gasteiger partial charge in [-0.05, 0) is 33.8 Å². The van der Waals surface area contributed by atoms with Gasteiger partial charge in [-0.25, -0.2) is 0 Å². The van der Waals surface area contributed by atoms with Crippen LogP contribution in [0.4, 0.5) is 0 Å². The van der Waals surface area contributed by atoms with Gasteiger partial charge >= 0.3 is 0 Å². The predicted octanol–water partition coefficient (Wildman–Crippen LogP) is 2.53. The zero-order valence-electron chi connectivity index (χ0n) is 8.45. The molecule has 0 radical (unpaired) electrons. The van der Waals surface area contributed by atoms with Crippen LogP contribution in [0.5, 0.6) is 5.88 Å². The lowest BCUT2D eigenvalue weighted by atomic mass is 10.2. The molecule has 0 saturated heterocycles. The third-order valence-electron chi connectivity index (χ3n) is 2.18. The van der Waals surface area contributed by atoms with Crippen molar-refractivity contribution in [1.29, 1.82) is 0 Å². The molecular weight excluding hydrogens is 292 g/mol. The van der Waals surface area contributed by atoms with E-state index >= 15 is 0 Å². The SMILES string of the molecule is CCc1c(O)nc(-c2sccc2Br)[nH]c1=O. The van der Waals surface area contributed by atoms with Gasteiger partial charge in [0, 0.05) is 4.47 Å². The summed E-state index contributed by atoms with van der Waals surface area (Å²) < 4.78 is 0.851. The van der Waals surface area contributed by atoms with E-state index in [9.17, 15) is 9.90 Å². The molecule has 84 valence electrons. The van der Waals surface area contributed by atoms with Crippen molar-refractivity contribution in [2.75, 3.05) is 0 Å². The zero-order chi connectivity index (χ0) is 11.7. The van der Waals surface area contributed by atoms with Crippen molar-refractivity contribution in [3.63, 3.8) is 0 Å². The highest BCUT2D eigenvalue weighted by Gasteiger charge is 2.12. The Kier molecular flexibility index (Phi) is 3.11. The van der Waals surface area contributed by atoms with Crippen molar-refractivity contribution >= 4 is 27.3 Å². The van der Waals surface area contributed by atoms with Crippen LogP contribution in [-0.4, -0.2) is 15.1 Å². The van der Waals surface area contributed by atoms with Crippen LogP contribution in [0.15, 0.2) is 20.7 Å². The molecule has 0 amide bonds. The Hall–Kier alpha value is -1.14. The third-order valence-corrected chi connectivity index (χ3v) is 4.02. The predicted molar refractivity (Wildman–Crippen MR) is 66.9 cm³/mol. The molecule has 0 spiro atoms. The fraction of sp³-hybridized carbons (Fsp3) is 0.200. The summed E-state index contributed by atoms with van der Waals surface area (Å²) in [6.45, 7) is 1.80. The molecule has 0 saturated carbocycles. The van der Waals surface area contributed by atoms with E-state index in [0.717, 1.165) is 9.35 Å². The van der Waals surface area contributed by atoms with Gasteiger partial charge in [0.1, 0.15) is 0 Å². The largest absolute Gasteiger partial charge is 0.493 e. The van der Waals surface area contributed by atoms with Crippen molar-refractivity contribution < 1.29 is 5.11 Å². The normalized spacial score (nSPS) is 10.6. The molecule has 2 N–H and O–H groups in total. The second-order valence-electron chi connectivity index (χ2n) is 3.17. The Morgan fingerprint density at radius 3 is 2.88 bits per heavy atom. The Balaban J connectivity index is 2.61. The van der Waals surface area contributed by atoms with Crippen molar-refractivity contribution in [3.05, 3.63) is 31.8 Å². The highest BCUT2D eigenvalue weighted by atomic mass is 79.9. The van der Waals surface area contributed by atoms with Crippen LogP contribution in [0, 0.1) is 0 Å². The van der Waals surface area contributed by atoms with Gasteiger partial charge in [0.05, 0.1) is 10.4 Å². The lowest BCUT2D eigenvalue weighted by Crippen LogP contribution is -2.14. The van der Waals surface area contributed by atoms with Crippen LogP contribution in [0.2, 0.25) is 0 Å². The summed E-state index contributed by atoms with van der Waals surface area (Å²) in [5.74, 6) is 0.197. The topological polar surface area (TPSA) is 66.0 Å². The summed E-state index contributed by atoms with van der Waals surface area (Å²) in [6, 6.07) is 1.87. The number of thiophene rings is 1. The van der Waals surface area contributed by atoms with Crippen LogP contribution in [0.1, 0.15) is 12.5 Å². The number of aromatic nitrogens is 2. The number of hydrogen-bond donors (Lipinski definition) is 2. The number of rotatable bonds is 2. The molecule has 0 aliphatic carbocycles. The molecule has 2 heterocycles. The van der Waals surface area contributed by atoms with Crippen molar-refractivity contribution in [2.24, 2.45) is 0 Å². The highest BCUT2D eigenvalue weighted by Crippen LogP contribution is 2.31. The first-order chi connectivity index (χ1) is 7.63. The number of nitrogens with zero attached hydrogens (tertiary/aromatic N) is 1. The fourth-order valence-corrected chi connectivity index (χ4v) is 2.88. The molecule has 0 fully saturated rings. The molecule has 4 nitrogen and oxygen atoms in total. The molecule has 0 aromatic carbocycles. The van der Waals surface area contributed by atoms with Gasteiger partial charge in [0.15, 0.2) is 5.82 Å². The van der Waals surface area contributed by atoms with E-state index in [1.807, 2.05) is 11.4 Å². The maximum Gasteiger partial charge on any atom is 0.258 e. The summed E-state index contributed by atoms with van der Waals surface area (Å²) in [6.07, 6.45) is 0.458. The van der Waals surface area contributed by atoms with Crippen LogP contribution >= 0.6 is 27.3 Å². The molecule has 2 aromatic rings. The second-order valence-corrected chi connectivity index (χ2v) is 4.94. The van der Waals surface area contributed by atoms with E-state index in [4.69, 9.17) is 0 Å². The Bertz CT molecular complexity index is 576. The summed E-state index contributed by atoms with van der Waals surface area (Å²) in [4.78, 5) is 19.1. The number of nitrogens with one attached hydrogen (secondary N) is 1. The van der Waals surface area contributed by atoms with Crippen molar-refractivity contribution in [1.82, 2.24) is 9.97 Å². The summed E-state index contributed by atoms with van der Waals surface area (Å²) in [5.41, 5.74) is 0.0294. The molecule has 0 aliphatic rings. The summed E-state index contributed by atoms with van der Waals surface area (Å²) >= 11 is 4.80. The number of aromatic amines is 1. The van der Waals surface area contributed by atoms with Gasteiger partial charge in [0.25, 0.3) is 5.56 Å². The van der Waals surface area contributed by atoms with Crippen molar-refractivity contribution in [3.8, 4) is 16.6 Å². The monoisotopic (exact) mass is 300 g/mol. The molecule has 0 aliphatic heterocycles. The van der Waals surface area contributed by atoms with Gasteiger partial charge in [-0.3, -0.25) is 4.79 Å². The van der Waals surface area contributed by atoms with E-state index in [2.05, 4.69) is 25.9 Å². The molecule has 2 rings (SSSR count). The minimum absolute atomic E-state index is 0.193. The standard InChI is InChI=1S/C10H9BrN2O2S/c1-2-5-9(14)12-8(13-10(5)15)7-6(11)3-4-16-7/h3-4H,2H2,1H3,(H2,12,13,14,15). The molecule has 0 bridgehead atoms. The van der Waals surface area contributed by atoms with Gasteiger partial charge in [0.2, 0.25) is 5.88 Å². The number of hydrogen-bond acceptors (Lipinski definition) is 4. The molecule has 0 unspecified atom stereocenters. The molecule has 6 heteroatoms. The first kappa shape index (κ1) is 11.3. The minimum atomic E-state index is -0.287. The van der Waals surface area contributed by atoms with Crippen LogP contribution in [-0.2, 0) is 6.42 Å². The first-order valence-corrected chi connectivity index (χ1v) is 6.36. The van der Waals surface area contributed by atoms with E-state index in [1.54, 1.807) is 6.92 Å². The first-order valence-electron chi connectivity index (χ1n) is 4.69. The van der Waals surface area contributed by atoms with Crippen LogP contribution in [0.3, 0.4) is 0 Å². The van der Waals surface area contributed by atoms with E-state index in [0.29, 0.717) is 17.8 Å². The minimum Gasteiger partial charge on any atom is -0.493 e. The number of H-pyrrole nitrogens is 1. The summed E-state index contributed by atoms with van der Waals surface area (Å²) in [5, 5.41) is 11.5.